The fraction of sp³-hybridized carbons (Fsp3) is 0.667. The Kier molecular flexibility index (Phi) is 6.06. The second-order valence-electron chi connectivity index (χ2n) is 6.45. The van der Waals surface area contributed by atoms with Crippen LogP contribution in [0.2, 0.25) is 0 Å². The van der Waals surface area contributed by atoms with Gasteiger partial charge in [0, 0.05) is 0 Å². The Bertz CT molecular complexity index is 385. The molecule has 0 radical (unpaired) electrons. The molecule has 2 heteroatoms. The van der Waals surface area contributed by atoms with Crippen LogP contribution < -0.4 is 5.73 Å². The lowest BCUT2D eigenvalue weighted by Gasteiger charge is -2.30. The standard InChI is InChI=1S/C18H29NO/c1-14(2)16-9-7-15(8-10-16)12-20-13-18-6-4-3-5-17(18)11-19/h7-10,14,17-18H,3-6,11-13,19H2,1-2H3. The first-order valence-corrected chi connectivity index (χ1v) is 8.07. The molecule has 1 aromatic carbocycles. The van der Waals surface area contributed by atoms with E-state index in [1.54, 1.807) is 0 Å². The van der Waals surface area contributed by atoms with Gasteiger partial charge in [0.25, 0.3) is 0 Å². The van der Waals surface area contributed by atoms with Crippen LogP contribution >= 0.6 is 0 Å². The predicted molar refractivity (Wildman–Crippen MR) is 84.7 cm³/mol. The molecule has 0 aromatic heterocycles. The minimum absolute atomic E-state index is 0.595. The van der Waals surface area contributed by atoms with E-state index in [9.17, 15) is 0 Å². The highest BCUT2D eigenvalue weighted by Crippen LogP contribution is 2.29. The fourth-order valence-electron chi connectivity index (χ4n) is 3.14. The number of ether oxygens (including phenoxy) is 1. The zero-order valence-electron chi connectivity index (χ0n) is 13.0. The first kappa shape index (κ1) is 15.5. The molecule has 1 aliphatic carbocycles. The van der Waals surface area contributed by atoms with Gasteiger partial charge < -0.3 is 10.5 Å². The second kappa shape index (κ2) is 7.80. The zero-order chi connectivity index (χ0) is 14.4. The molecule has 2 rings (SSSR count). The number of nitrogens with two attached hydrogens (primary N) is 1. The maximum atomic E-state index is 5.94. The van der Waals surface area contributed by atoms with Gasteiger partial charge in [0.1, 0.15) is 0 Å². The lowest BCUT2D eigenvalue weighted by Crippen LogP contribution is -2.29. The van der Waals surface area contributed by atoms with Gasteiger partial charge in [-0.05, 0) is 48.3 Å². The minimum atomic E-state index is 0.595. The van der Waals surface area contributed by atoms with Gasteiger partial charge in [0.15, 0.2) is 0 Å². The molecule has 1 aliphatic rings. The quantitative estimate of drug-likeness (QED) is 0.848. The van der Waals surface area contributed by atoms with Gasteiger partial charge in [0.2, 0.25) is 0 Å². The summed E-state index contributed by atoms with van der Waals surface area (Å²) in [6.07, 6.45) is 5.25. The Morgan fingerprint density at radius 1 is 1.10 bits per heavy atom. The fourth-order valence-corrected chi connectivity index (χ4v) is 3.14. The van der Waals surface area contributed by atoms with Crippen molar-refractivity contribution in [3.8, 4) is 0 Å². The molecule has 0 saturated heterocycles. The van der Waals surface area contributed by atoms with Crippen LogP contribution in [-0.4, -0.2) is 13.2 Å². The molecule has 1 aromatic rings. The average molecular weight is 275 g/mol. The van der Waals surface area contributed by atoms with Gasteiger partial charge >= 0.3 is 0 Å². The summed E-state index contributed by atoms with van der Waals surface area (Å²) in [6.45, 7) is 6.86. The zero-order valence-corrected chi connectivity index (χ0v) is 13.0. The van der Waals surface area contributed by atoms with Gasteiger partial charge in [0.05, 0.1) is 13.2 Å². The molecule has 2 nitrogen and oxygen atoms in total. The van der Waals surface area contributed by atoms with E-state index in [4.69, 9.17) is 10.5 Å². The lowest BCUT2D eigenvalue weighted by molar-refractivity contribution is 0.0512. The molecule has 1 fully saturated rings. The Morgan fingerprint density at radius 2 is 1.75 bits per heavy atom. The van der Waals surface area contributed by atoms with Crippen LogP contribution in [0.5, 0.6) is 0 Å². The molecule has 1 saturated carbocycles. The van der Waals surface area contributed by atoms with Crippen molar-refractivity contribution in [3.63, 3.8) is 0 Å². The lowest BCUT2D eigenvalue weighted by atomic mass is 9.80. The van der Waals surface area contributed by atoms with Crippen molar-refractivity contribution >= 4 is 0 Å². The molecule has 0 amide bonds. The van der Waals surface area contributed by atoms with E-state index >= 15 is 0 Å². The van der Waals surface area contributed by atoms with Crippen LogP contribution in [0, 0.1) is 11.8 Å². The van der Waals surface area contributed by atoms with Crippen LogP contribution in [0.4, 0.5) is 0 Å². The van der Waals surface area contributed by atoms with E-state index < -0.39 is 0 Å². The molecule has 0 aliphatic heterocycles. The van der Waals surface area contributed by atoms with Crippen molar-refractivity contribution in [3.05, 3.63) is 35.4 Å². The monoisotopic (exact) mass is 275 g/mol. The smallest absolute Gasteiger partial charge is 0.0717 e. The van der Waals surface area contributed by atoms with Gasteiger partial charge in [-0.2, -0.15) is 0 Å². The van der Waals surface area contributed by atoms with E-state index in [0.717, 1.165) is 19.8 Å². The molecule has 112 valence electrons. The summed E-state index contributed by atoms with van der Waals surface area (Å²) in [5.41, 5.74) is 8.53. The molecular weight excluding hydrogens is 246 g/mol. The average Bonchev–Trinajstić information content (AvgIpc) is 2.48. The molecule has 2 unspecified atom stereocenters. The molecule has 0 bridgehead atoms. The van der Waals surface area contributed by atoms with Crippen LogP contribution in [0.1, 0.15) is 56.6 Å². The summed E-state index contributed by atoms with van der Waals surface area (Å²) in [4.78, 5) is 0. The molecule has 2 N–H and O–H groups in total. The third-order valence-electron chi connectivity index (χ3n) is 4.62. The highest BCUT2D eigenvalue weighted by Gasteiger charge is 2.23. The predicted octanol–water partition coefficient (Wildman–Crippen LogP) is 4.09. The summed E-state index contributed by atoms with van der Waals surface area (Å²) in [7, 11) is 0. The maximum Gasteiger partial charge on any atom is 0.0717 e. The molecule has 2 atom stereocenters. The molecule has 0 spiro atoms. The summed E-state index contributed by atoms with van der Waals surface area (Å²) < 4.78 is 5.94. The second-order valence-corrected chi connectivity index (χ2v) is 6.45. The minimum Gasteiger partial charge on any atom is -0.376 e. The van der Waals surface area contributed by atoms with Crippen LogP contribution in [0.25, 0.3) is 0 Å². The van der Waals surface area contributed by atoms with Crippen molar-refractivity contribution in [2.24, 2.45) is 17.6 Å². The third-order valence-corrected chi connectivity index (χ3v) is 4.62. The largest absolute Gasteiger partial charge is 0.376 e. The van der Waals surface area contributed by atoms with Crippen molar-refractivity contribution in [1.82, 2.24) is 0 Å². The van der Waals surface area contributed by atoms with Crippen LogP contribution in [0.3, 0.4) is 0 Å². The molecule has 0 heterocycles. The first-order chi connectivity index (χ1) is 9.70. The number of benzene rings is 1. The van der Waals surface area contributed by atoms with E-state index in [2.05, 4.69) is 38.1 Å². The van der Waals surface area contributed by atoms with E-state index in [1.165, 1.54) is 36.8 Å². The van der Waals surface area contributed by atoms with Gasteiger partial charge in [-0.25, -0.2) is 0 Å². The maximum absolute atomic E-state index is 5.94. The molecular formula is C18H29NO. The van der Waals surface area contributed by atoms with Gasteiger partial charge in [-0.1, -0.05) is 51.0 Å². The first-order valence-electron chi connectivity index (χ1n) is 8.07. The number of rotatable bonds is 6. The van der Waals surface area contributed by atoms with Gasteiger partial charge in [-0.15, -0.1) is 0 Å². The van der Waals surface area contributed by atoms with E-state index in [-0.39, 0.29) is 0 Å². The number of hydrogen-bond acceptors (Lipinski definition) is 2. The third kappa shape index (κ3) is 4.32. The summed E-state index contributed by atoms with van der Waals surface area (Å²) >= 11 is 0. The van der Waals surface area contributed by atoms with Crippen molar-refractivity contribution in [2.75, 3.05) is 13.2 Å². The van der Waals surface area contributed by atoms with E-state index in [0.29, 0.717) is 17.8 Å². The van der Waals surface area contributed by atoms with Crippen LogP contribution in [0.15, 0.2) is 24.3 Å². The summed E-state index contributed by atoms with van der Waals surface area (Å²) in [5.74, 6) is 1.94. The highest BCUT2D eigenvalue weighted by atomic mass is 16.5. The SMILES string of the molecule is CC(C)c1ccc(COCC2CCCCC2CN)cc1. The topological polar surface area (TPSA) is 35.2 Å². The Morgan fingerprint density at radius 3 is 2.35 bits per heavy atom. The Balaban J connectivity index is 1.77. The van der Waals surface area contributed by atoms with Crippen LogP contribution in [-0.2, 0) is 11.3 Å². The highest BCUT2D eigenvalue weighted by molar-refractivity contribution is 5.24. The Hall–Kier alpha value is -0.860. The molecule has 20 heavy (non-hydrogen) atoms. The van der Waals surface area contributed by atoms with E-state index in [1.807, 2.05) is 0 Å². The normalized spacial score (nSPS) is 23.2. The number of hydrogen-bond donors (Lipinski definition) is 1. The van der Waals surface area contributed by atoms with Crippen molar-refractivity contribution in [1.29, 1.82) is 0 Å². The summed E-state index contributed by atoms with van der Waals surface area (Å²) in [5, 5.41) is 0. The Labute approximate surface area is 123 Å². The van der Waals surface area contributed by atoms with Gasteiger partial charge in [-0.3, -0.25) is 0 Å². The van der Waals surface area contributed by atoms with Crippen molar-refractivity contribution in [2.45, 2.75) is 52.1 Å². The van der Waals surface area contributed by atoms with Crippen molar-refractivity contribution < 1.29 is 4.74 Å². The summed E-state index contributed by atoms with van der Waals surface area (Å²) in [6, 6.07) is 8.81.